The number of hydrogen-bond acceptors (Lipinski definition) is 12. The maximum Gasteiger partial charge on any atom is 0.343 e. The smallest absolute Gasteiger partial charge is 0.343 e. The number of benzene rings is 3. The van der Waals surface area contributed by atoms with Crippen LogP contribution in [0, 0.1) is 7.14 Å². The number of carboxylic acids is 1. The van der Waals surface area contributed by atoms with Crippen LogP contribution in [0.1, 0.15) is 34.0 Å². The molecule has 6 rings (SSSR count). The summed E-state index contributed by atoms with van der Waals surface area (Å²) in [6, 6.07) is 9.56. The molecular weight excluding hydrogens is 836 g/mol. The number of aromatic hydroxyl groups is 1. The number of aliphatic hydroxyl groups excluding tert-OH is 3. The third kappa shape index (κ3) is 5.20. The number of esters is 1. The molecule has 3 aliphatic heterocycles. The third-order valence-electron chi connectivity index (χ3n) is 7.80. The van der Waals surface area contributed by atoms with Gasteiger partial charge in [0, 0.05) is 23.6 Å². The molecule has 242 valence electrons. The molecule has 0 bridgehead atoms. The van der Waals surface area contributed by atoms with Gasteiger partial charge in [0.25, 0.3) is 0 Å². The molecule has 0 aromatic heterocycles. The summed E-state index contributed by atoms with van der Waals surface area (Å²) in [5, 5.41) is 53.1. The second-order valence-corrected chi connectivity index (χ2v) is 12.8. The number of phenolic OH excluding ortho intramolecular Hbond substituents is 1. The first-order chi connectivity index (χ1) is 21.9. The van der Waals surface area contributed by atoms with Crippen LogP contribution in [0.25, 0.3) is 0 Å². The Hall–Kier alpha value is -3.43. The molecule has 6 N–H and O–H groups in total. The molecule has 3 aromatic carbocycles. The molecule has 16 heteroatoms. The van der Waals surface area contributed by atoms with Crippen LogP contribution in [0.4, 0.5) is 0 Å². The van der Waals surface area contributed by atoms with Crippen molar-refractivity contribution in [1.29, 1.82) is 0 Å². The van der Waals surface area contributed by atoms with Gasteiger partial charge in [-0.05, 0) is 75.5 Å². The van der Waals surface area contributed by atoms with Gasteiger partial charge in [0.15, 0.2) is 23.7 Å². The number of carbonyl (C=O) groups excluding carboxylic acids is 2. The third-order valence-corrected chi connectivity index (χ3v) is 9.87. The van der Waals surface area contributed by atoms with Gasteiger partial charge in [-0.3, -0.25) is 4.79 Å². The van der Waals surface area contributed by atoms with E-state index >= 15 is 0 Å². The highest BCUT2D eigenvalue weighted by Gasteiger charge is 2.56. The van der Waals surface area contributed by atoms with Crippen LogP contribution >= 0.6 is 45.2 Å². The summed E-state index contributed by atoms with van der Waals surface area (Å²) >= 11 is 3.84. The number of hydrogen-bond donors (Lipinski definition) is 6. The summed E-state index contributed by atoms with van der Waals surface area (Å²) in [6.45, 7) is -0.0773. The second kappa shape index (κ2) is 12.3. The van der Waals surface area contributed by atoms with Gasteiger partial charge in [-0.15, -0.1) is 0 Å². The van der Waals surface area contributed by atoms with Gasteiger partial charge < -0.3 is 54.5 Å². The lowest BCUT2D eigenvalue weighted by Gasteiger charge is -2.42. The first-order valence-electron chi connectivity index (χ1n) is 13.7. The number of rotatable bonds is 7. The van der Waals surface area contributed by atoms with E-state index in [2.05, 4.69) is 5.32 Å². The highest BCUT2D eigenvalue weighted by Crippen LogP contribution is 2.60. The molecule has 1 amide bonds. The monoisotopic (exact) mass is 861 g/mol. The summed E-state index contributed by atoms with van der Waals surface area (Å²) in [7, 11) is 0. The lowest BCUT2D eigenvalue weighted by molar-refractivity contribution is -0.244. The summed E-state index contributed by atoms with van der Waals surface area (Å²) in [6.07, 6.45) is -5.84. The van der Waals surface area contributed by atoms with Crippen molar-refractivity contribution >= 4 is 63.0 Å². The number of halogens is 2. The van der Waals surface area contributed by atoms with Crippen molar-refractivity contribution < 1.29 is 63.6 Å². The molecule has 1 saturated heterocycles. The number of phenols is 1. The van der Waals surface area contributed by atoms with E-state index in [4.69, 9.17) is 28.8 Å². The highest BCUT2D eigenvalue weighted by atomic mass is 127. The van der Waals surface area contributed by atoms with E-state index in [1.807, 2.05) is 45.2 Å². The first-order valence-corrected chi connectivity index (χ1v) is 15.8. The number of carbonyl (C=O) groups is 3. The average molecular weight is 861 g/mol. The summed E-state index contributed by atoms with van der Waals surface area (Å²) < 4.78 is 30.5. The first kappa shape index (κ1) is 32.5. The Labute approximate surface area is 287 Å². The maximum absolute atomic E-state index is 13.9. The molecule has 0 saturated carbocycles. The van der Waals surface area contributed by atoms with Crippen molar-refractivity contribution in [2.45, 2.75) is 43.2 Å². The van der Waals surface area contributed by atoms with E-state index in [1.165, 1.54) is 25.1 Å². The zero-order valence-corrected chi connectivity index (χ0v) is 27.9. The Balaban J connectivity index is 1.51. The summed E-state index contributed by atoms with van der Waals surface area (Å²) in [5.74, 6) is -2.08. The normalized spacial score (nSPS) is 25.9. The van der Waals surface area contributed by atoms with Gasteiger partial charge in [-0.25, -0.2) is 9.59 Å². The fourth-order valence-electron chi connectivity index (χ4n) is 5.81. The van der Waals surface area contributed by atoms with Crippen molar-refractivity contribution in [3.63, 3.8) is 0 Å². The largest absolute Gasteiger partial charge is 0.507 e. The van der Waals surface area contributed by atoms with Crippen LogP contribution < -0.4 is 19.5 Å². The molecule has 0 radical (unpaired) electrons. The quantitative estimate of drug-likeness (QED) is 0.149. The standard InChI is InChI=1S/C30H25I2NO13/c1-11(35)33-23-25(40)24(39)18(9-34)44-29(23)43-16-4-2-3-12-20(16)28(41)46-30(12)13-5-7-15(36)21(31)26(13)45-27-14(30)6-8-17(22(27)32)42-10-19(37)38/h2-8,18,23-25,29,34,36,39-40H,9-10H2,1H3,(H,33,35)(H,37,38)/t18-,23-,24-,25-,29-,30?/m1/s1. The second-order valence-electron chi connectivity index (χ2n) is 10.6. The Morgan fingerprint density at radius 2 is 1.67 bits per heavy atom. The zero-order chi connectivity index (χ0) is 33.1. The fraction of sp³-hybridized carbons (Fsp3) is 0.300. The van der Waals surface area contributed by atoms with E-state index in [0.29, 0.717) is 23.8 Å². The minimum atomic E-state index is -1.64. The molecule has 14 nitrogen and oxygen atoms in total. The molecule has 1 spiro atoms. The maximum atomic E-state index is 13.9. The van der Waals surface area contributed by atoms with Crippen LogP contribution in [0.3, 0.4) is 0 Å². The Kier molecular flexibility index (Phi) is 8.70. The molecule has 1 unspecified atom stereocenters. The Morgan fingerprint density at radius 1 is 0.978 bits per heavy atom. The van der Waals surface area contributed by atoms with Crippen molar-refractivity contribution in [3.8, 4) is 28.7 Å². The molecule has 3 heterocycles. The summed E-state index contributed by atoms with van der Waals surface area (Å²) in [4.78, 5) is 37.0. The molecular formula is C30H25I2NO13. The van der Waals surface area contributed by atoms with Crippen molar-refractivity contribution in [2.75, 3.05) is 13.2 Å². The topological polar surface area (TPSA) is 211 Å². The molecule has 3 aliphatic rings. The number of aliphatic carboxylic acids is 1. The minimum Gasteiger partial charge on any atom is -0.507 e. The number of nitrogens with one attached hydrogen (secondary N) is 1. The van der Waals surface area contributed by atoms with Gasteiger partial charge in [-0.1, -0.05) is 12.1 Å². The van der Waals surface area contributed by atoms with Crippen molar-refractivity contribution in [3.05, 3.63) is 71.9 Å². The Bertz CT molecular complexity index is 1770. The Morgan fingerprint density at radius 3 is 2.35 bits per heavy atom. The predicted molar refractivity (Wildman–Crippen MR) is 171 cm³/mol. The van der Waals surface area contributed by atoms with Crippen LogP contribution in [0.2, 0.25) is 0 Å². The lowest BCUT2D eigenvalue weighted by Crippen LogP contribution is -2.65. The van der Waals surface area contributed by atoms with Gasteiger partial charge in [0.2, 0.25) is 12.2 Å². The molecule has 3 aromatic rings. The van der Waals surface area contributed by atoms with Gasteiger partial charge in [-0.2, -0.15) is 0 Å². The number of carboxylic acid groups (broad SMARTS) is 1. The lowest BCUT2D eigenvalue weighted by atomic mass is 9.77. The van der Waals surface area contributed by atoms with Crippen molar-refractivity contribution in [1.82, 2.24) is 5.32 Å². The van der Waals surface area contributed by atoms with Crippen LogP contribution in [0.5, 0.6) is 28.7 Å². The zero-order valence-electron chi connectivity index (χ0n) is 23.6. The number of amides is 1. The molecule has 0 aliphatic carbocycles. The van der Waals surface area contributed by atoms with Gasteiger partial charge >= 0.3 is 11.9 Å². The van der Waals surface area contributed by atoms with Crippen molar-refractivity contribution in [2.24, 2.45) is 0 Å². The number of fused-ring (bicyclic) bond motifs is 6. The fourth-order valence-corrected chi connectivity index (χ4v) is 7.13. The van der Waals surface area contributed by atoms with Crippen LogP contribution in [-0.4, -0.2) is 87.2 Å². The molecule has 6 atom stereocenters. The van der Waals surface area contributed by atoms with E-state index in [1.54, 1.807) is 24.3 Å². The van der Waals surface area contributed by atoms with E-state index in [-0.39, 0.29) is 34.3 Å². The van der Waals surface area contributed by atoms with Gasteiger partial charge in [0.05, 0.1) is 13.7 Å². The molecule has 46 heavy (non-hydrogen) atoms. The number of aliphatic hydroxyl groups is 3. The van der Waals surface area contributed by atoms with E-state index < -0.39 is 67.3 Å². The summed E-state index contributed by atoms with van der Waals surface area (Å²) in [5.41, 5.74) is -0.575. The van der Waals surface area contributed by atoms with Crippen LogP contribution in [-0.2, 0) is 24.7 Å². The van der Waals surface area contributed by atoms with E-state index in [0.717, 1.165) is 0 Å². The number of ether oxygens (including phenoxy) is 5. The SMILES string of the molecule is CC(=O)N[C@H]1[C@H](Oc2cccc3c2C(=O)OC32c3ccc(O)c(I)c3Oc3c2ccc(OCC(=O)O)c3I)O[C@H](CO)[C@@H](O)[C@@H]1O. The van der Waals surface area contributed by atoms with Gasteiger partial charge in [0.1, 0.15) is 47.2 Å². The predicted octanol–water partition coefficient (Wildman–Crippen LogP) is 1.96. The minimum absolute atomic E-state index is 0.0167. The average Bonchev–Trinajstić information content (AvgIpc) is 3.31. The molecule has 1 fully saturated rings. The van der Waals surface area contributed by atoms with E-state index in [9.17, 15) is 34.8 Å². The highest BCUT2D eigenvalue weighted by molar-refractivity contribution is 14.1. The van der Waals surface area contributed by atoms with Crippen LogP contribution in [0.15, 0.2) is 42.5 Å².